The van der Waals surface area contributed by atoms with E-state index >= 15 is 0 Å². The molecule has 224 valence electrons. The van der Waals surface area contributed by atoms with Crippen molar-refractivity contribution in [1.29, 1.82) is 0 Å². The Morgan fingerprint density at radius 3 is 2.14 bits per heavy atom. The molecule has 1 aliphatic heterocycles. The van der Waals surface area contributed by atoms with E-state index in [9.17, 15) is 19.5 Å². The Morgan fingerprint density at radius 1 is 0.953 bits per heavy atom. The molecule has 10 heteroatoms. The molecule has 10 nitrogen and oxygen atoms in total. The molecule has 1 aromatic heterocycles. The van der Waals surface area contributed by atoms with E-state index in [-0.39, 0.29) is 31.4 Å². The van der Waals surface area contributed by atoms with Crippen molar-refractivity contribution < 1.29 is 28.8 Å². The summed E-state index contributed by atoms with van der Waals surface area (Å²) in [6.07, 6.45) is -1.05. The number of aromatic nitrogens is 2. The predicted octanol–water partition coefficient (Wildman–Crippen LogP) is 3.31. The number of aryl methyl sites for hydroxylation is 1. The first-order chi connectivity index (χ1) is 20.8. The summed E-state index contributed by atoms with van der Waals surface area (Å²) in [7, 11) is 2.88. The normalized spacial score (nSPS) is 18.3. The van der Waals surface area contributed by atoms with Crippen molar-refractivity contribution in [3.8, 4) is 5.75 Å². The number of rotatable bonds is 11. The number of aliphatic hydroxyl groups excluding tert-OH is 1. The highest BCUT2D eigenvalue weighted by atomic mass is 16.6. The summed E-state index contributed by atoms with van der Waals surface area (Å²) in [6.45, 7) is -0.0131. The number of carbonyl (C=O) groups excluding carboxylic acids is 1. The largest absolute Gasteiger partial charge is 0.497 e. The summed E-state index contributed by atoms with van der Waals surface area (Å²) in [5.41, 5.74) is 0.512. The molecular weight excluding hydrogens is 552 g/mol. The minimum Gasteiger partial charge on any atom is -0.497 e. The number of benzene rings is 3. The summed E-state index contributed by atoms with van der Waals surface area (Å²) in [5.74, 6) is 0.229. The molecule has 0 bridgehead atoms. The first-order valence-electron chi connectivity index (χ1n) is 14.0. The number of aromatic amines is 1. The Labute approximate surface area is 248 Å². The molecule has 4 aromatic rings. The smallest absolute Gasteiger partial charge is 0.330 e. The number of nitrogens with zero attached hydrogens (tertiary/aromatic N) is 1. The lowest BCUT2D eigenvalue weighted by molar-refractivity contribution is -0.140. The van der Waals surface area contributed by atoms with Gasteiger partial charge in [-0.25, -0.2) is 4.79 Å². The maximum absolute atomic E-state index is 12.7. The lowest BCUT2D eigenvalue weighted by atomic mass is 9.80. The van der Waals surface area contributed by atoms with Crippen LogP contribution in [-0.4, -0.2) is 53.7 Å². The lowest BCUT2D eigenvalue weighted by Crippen LogP contribution is -2.38. The average molecular weight is 587 g/mol. The molecular formula is C33H34N2O8. The van der Waals surface area contributed by atoms with Crippen molar-refractivity contribution in [2.75, 3.05) is 20.8 Å². The monoisotopic (exact) mass is 586 g/mol. The van der Waals surface area contributed by atoms with Gasteiger partial charge in [-0.05, 0) is 35.2 Å². The quantitative estimate of drug-likeness (QED) is 0.202. The number of hydrogen-bond donors (Lipinski definition) is 2. The van der Waals surface area contributed by atoms with Gasteiger partial charge in [0, 0.05) is 24.6 Å². The molecule has 1 aliphatic rings. The highest BCUT2D eigenvalue weighted by Crippen LogP contribution is 2.42. The van der Waals surface area contributed by atoms with Crippen molar-refractivity contribution >= 4 is 5.97 Å². The summed E-state index contributed by atoms with van der Waals surface area (Å²) < 4.78 is 24.3. The molecule has 0 amide bonds. The molecule has 0 spiro atoms. The first kappa shape index (κ1) is 30.0. The molecule has 1 fully saturated rings. The zero-order chi connectivity index (χ0) is 30.4. The van der Waals surface area contributed by atoms with E-state index in [2.05, 4.69) is 9.72 Å². The SMILES string of the molecule is COC(=O)CCc1cn([C@H]2C[C@H](O)[C@@H](COC(c3ccccc3)(c3ccccc3)c3ccc(OC)cc3)O2)c(=O)[nH]c1=O. The standard InChI is InChI=1S/C33H34N2O8/c1-40-26-16-14-25(15-17-26)33(23-9-5-3-6-10-23,24-11-7-4-8-12-24)42-21-28-27(36)19-29(43-28)35-20-22(13-18-30(37)41-2)31(38)34-32(35)39/h3-12,14-17,20,27-29,36H,13,18-19,21H2,1-2H3,(H,34,38,39)/t27-,28+,29+/m0/s1. The van der Waals surface area contributed by atoms with Gasteiger partial charge in [0.2, 0.25) is 0 Å². The van der Waals surface area contributed by atoms with Crippen molar-refractivity contribution in [1.82, 2.24) is 9.55 Å². The van der Waals surface area contributed by atoms with Crippen LogP contribution in [0, 0.1) is 0 Å². The lowest BCUT2D eigenvalue weighted by Gasteiger charge is -2.37. The van der Waals surface area contributed by atoms with Crippen molar-refractivity contribution in [2.45, 2.75) is 43.3 Å². The van der Waals surface area contributed by atoms with Gasteiger partial charge in [0.1, 0.15) is 23.7 Å². The predicted molar refractivity (Wildman–Crippen MR) is 158 cm³/mol. The van der Waals surface area contributed by atoms with E-state index in [4.69, 9.17) is 14.2 Å². The van der Waals surface area contributed by atoms with Crippen LogP contribution in [0.15, 0.2) is 101 Å². The highest BCUT2D eigenvalue weighted by Gasteiger charge is 2.42. The Balaban J connectivity index is 1.46. The van der Waals surface area contributed by atoms with Gasteiger partial charge < -0.3 is 24.1 Å². The Bertz CT molecular complexity index is 1590. The van der Waals surface area contributed by atoms with Gasteiger partial charge in [0.25, 0.3) is 5.56 Å². The number of ether oxygens (including phenoxy) is 4. The summed E-state index contributed by atoms with van der Waals surface area (Å²) in [5, 5.41) is 11.1. The second kappa shape index (κ2) is 13.2. The Kier molecular flexibility index (Phi) is 9.20. The molecule has 0 radical (unpaired) electrons. The van der Waals surface area contributed by atoms with Crippen LogP contribution in [0.3, 0.4) is 0 Å². The number of H-pyrrole nitrogens is 1. The zero-order valence-corrected chi connectivity index (χ0v) is 24.0. The van der Waals surface area contributed by atoms with Crippen LogP contribution in [0.25, 0.3) is 0 Å². The third-order valence-corrected chi connectivity index (χ3v) is 7.70. The molecule has 0 saturated carbocycles. The number of hydrogen-bond acceptors (Lipinski definition) is 8. The molecule has 5 rings (SSSR count). The molecule has 2 N–H and O–H groups in total. The van der Waals surface area contributed by atoms with Crippen molar-refractivity contribution in [3.63, 3.8) is 0 Å². The van der Waals surface area contributed by atoms with E-state index < -0.39 is 41.3 Å². The minimum absolute atomic E-state index is 0.0131. The van der Waals surface area contributed by atoms with E-state index in [1.54, 1.807) is 7.11 Å². The number of esters is 1. The second-order valence-corrected chi connectivity index (χ2v) is 10.3. The van der Waals surface area contributed by atoms with Gasteiger partial charge in [-0.2, -0.15) is 0 Å². The zero-order valence-electron chi connectivity index (χ0n) is 24.0. The van der Waals surface area contributed by atoms with Crippen LogP contribution >= 0.6 is 0 Å². The number of aliphatic hydroxyl groups is 1. The molecule has 3 atom stereocenters. The van der Waals surface area contributed by atoms with Gasteiger partial charge in [-0.15, -0.1) is 0 Å². The number of carbonyl (C=O) groups is 1. The van der Waals surface area contributed by atoms with Crippen LogP contribution in [0.1, 0.15) is 41.3 Å². The van der Waals surface area contributed by atoms with Crippen LogP contribution < -0.4 is 16.0 Å². The van der Waals surface area contributed by atoms with E-state index in [1.165, 1.54) is 17.9 Å². The van der Waals surface area contributed by atoms with Crippen LogP contribution in [0.4, 0.5) is 0 Å². The Hall–Kier alpha value is -4.51. The molecule has 1 saturated heterocycles. The molecule has 0 unspecified atom stereocenters. The van der Waals surface area contributed by atoms with Gasteiger partial charge in [0.05, 0.1) is 26.9 Å². The van der Waals surface area contributed by atoms with E-state index in [1.807, 2.05) is 84.9 Å². The third kappa shape index (κ3) is 6.31. The topological polar surface area (TPSA) is 129 Å². The second-order valence-electron chi connectivity index (χ2n) is 10.3. The minimum atomic E-state index is -1.06. The van der Waals surface area contributed by atoms with Gasteiger partial charge >= 0.3 is 11.7 Å². The van der Waals surface area contributed by atoms with Gasteiger partial charge in [-0.1, -0.05) is 72.8 Å². The van der Waals surface area contributed by atoms with Crippen LogP contribution in [-0.2, 0) is 31.0 Å². The number of nitrogens with one attached hydrogen (secondary N) is 1. The molecule has 3 aromatic carbocycles. The summed E-state index contributed by atoms with van der Waals surface area (Å²) >= 11 is 0. The molecule has 2 heterocycles. The van der Waals surface area contributed by atoms with Crippen molar-refractivity contribution in [3.05, 3.63) is 134 Å². The fourth-order valence-corrected chi connectivity index (χ4v) is 5.42. The molecule has 43 heavy (non-hydrogen) atoms. The number of methoxy groups -OCH3 is 2. The van der Waals surface area contributed by atoms with Crippen molar-refractivity contribution in [2.24, 2.45) is 0 Å². The van der Waals surface area contributed by atoms with Crippen LogP contribution in [0.2, 0.25) is 0 Å². The van der Waals surface area contributed by atoms with E-state index in [0.29, 0.717) is 5.75 Å². The highest BCUT2D eigenvalue weighted by molar-refractivity contribution is 5.69. The fraction of sp³-hybridized carbons (Fsp3) is 0.303. The van der Waals surface area contributed by atoms with Gasteiger partial charge in [0.15, 0.2) is 0 Å². The Morgan fingerprint density at radius 2 is 1.56 bits per heavy atom. The maximum atomic E-state index is 12.7. The fourth-order valence-electron chi connectivity index (χ4n) is 5.42. The third-order valence-electron chi connectivity index (χ3n) is 7.70. The van der Waals surface area contributed by atoms with Crippen LogP contribution in [0.5, 0.6) is 5.75 Å². The average Bonchev–Trinajstić information content (AvgIpc) is 3.41. The van der Waals surface area contributed by atoms with Gasteiger partial charge in [-0.3, -0.25) is 19.1 Å². The molecule has 0 aliphatic carbocycles. The first-order valence-corrected chi connectivity index (χ1v) is 14.0. The summed E-state index contributed by atoms with van der Waals surface area (Å²) in [6, 6.07) is 27.2. The van der Waals surface area contributed by atoms with E-state index in [0.717, 1.165) is 16.7 Å². The summed E-state index contributed by atoms with van der Waals surface area (Å²) in [4.78, 5) is 39.0. The maximum Gasteiger partial charge on any atom is 0.330 e.